The highest BCUT2D eigenvalue weighted by Crippen LogP contribution is 2.27. The fourth-order valence-electron chi connectivity index (χ4n) is 1.86. The molecule has 23 heavy (non-hydrogen) atoms. The summed E-state index contributed by atoms with van der Waals surface area (Å²) in [7, 11) is 0. The first-order valence-corrected chi connectivity index (χ1v) is 7.75. The first kappa shape index (κ1) is 17.3. The van der Waals surface area contributed by atoms with E-state index in [1.54, 1.807) is 25.1 Å². The Hall–Kier alpha value is -2.01. The molecule has 0 aliphatic heterocycles. The molecular formula is C17H21ClN2O3. The lowest BCUT2D eigenvalue weighted by Crippen LogP contribution is -2.30. The number of carbonyl (C=O) groups is 1. The lowest BCUT2D eigenvalue weighted by molar-refractivity contribution is -0.122. The third-order valence-corrected chi connectivity index (χ3v) is 3.57. The van der Waals surface area contributed by atoms with Gasteiger partial charge in [-0.3, -0.25) is 4.79 Å². The fraction of sp³-hybridized carbons (Fsp3) is 0.412. The Balaban J connectivity index is 2.03. The second-order valence-electron chi connectivity index (χ2n) is 6.51. The summed E-state index contributed by atoms with van der Waals surface area (Å²) in [5.74, 6) is 1.22. The summed E-state index contributed by atoms with van der Waals surface area (Å²) in [5.41, 5.74) is 0.830. The molecule has 0 aliphatic carbocycles. The Morgan fingerprint density at radius 1 is 1.35 bits per heavy atom. The van der Waals surface area contributed by atoms with Gasteiger partial charge in [0.1, 0.15) is 11.5 Å². The van der Waals surface area contributed by atoms with Crippen LogP contribution in [0.15, 0.2) is 28.8 Å². The van der Waals surface area contributed by atoms with Crippen molar-refractivity contribution in [3.05, 3.63) is 40.6 Å². The van der Waals surface area contributed by atoms with Crippen LogP contribution in [0, 0.1) is 6.92 Å². The van der Waals surface area contributed by atoms with Crippen LogP contribution < -0.4 is 10.1 Å². The number of amides is 1. The minimum atomic E-state index is -0.718. The Morgan fingerprint density at radius 3 is 2.65 bits per heavy atom. The number of aromatic nitrogens is 1. The number of hydrogen-bond donors (Lipinski definition) is 1. The third-order valence-electron chi connectivity index (χ3n) is 3.26. The van der Waals surface area contributed by atoms with Gasteiger partial charge >= 0.3 is 0 Å². The van der Waals surface area contributed by atoms with Crippen LogP contribution >= 0.6 is 11.6 Å². The summed E-state index contributed by atoms with van der Waals surface area (Å²) >= 11 is 6.07. The molecule has 6 heteroatoms. The average molecular weight is 337 g/mol. The minimum absolute atomic E-state index is 0.173. The van der Waals surface area contributed by atoms with E-state index in [0.29, 0.717) is 22.4 Å². The molecule has 0 spiro atoms. The van der Waals surface area contributed by atoms with Gasteiger partial charge in [-0.05, 0) is 31.5 Å². The number of carbonyl (C=O) groups excluding carboxylic acids is 1. The third kappa shape index (κ3) is 4.48. The van der Waals surface area contributed by atoms with E-state index in [0.717, 1.165) is 5.56 Å². The maximum atomic E-state index is 12.2. The van der Waals surface area contributed by atoms with Crippen LogP contribution in [0.25, 0.3) is 0 Å². The van der Waals surface area contributed by atoms with Crippen molar-refractivity contribution in [1.29, 1.82) is 0 Å². The van der Waals surface area contributed by atoms with E-state index in [-0.39, 0.29) is 11.3 Å². The van der Waals surface area contributed by atoms with Crippen LogP contribution in [0.4, 0.5) is 5.82 Å². The molecule has 1 amide bonds. The monoisotopic (exact) mass is 336 g/mol. The number of nitrogens with zero attached hydrogens (tertiary/aromatic N) is 1. The minimum Gasteiger partial charge on any atom is -0.479 e. The molecule has 0 bridgehead atoms. The fourth-order valence-corrected chi connectivity index (χ4v) is 2.02. The molecule has 0 fully saturated rings. The Labute approximate surface area is 141 Å². The molecule has 1 N–H and O–H groups in total. The number of anilines is 1. The largest absolute Gasteiger partial charge is 0.479 e. The highest BCUT2D eigenvalue weighted by molar-refractivity contribution is 6.32. The van der Waals surface area contributed by atoms with Gasteiger partial charge < -0.3 is 14.6 Å². The van der Waals surface area contributed by atoms with Gasteiger partial charge in [0.15, 0.2) is 11.9 Å². The second-order valence-corrected chi connectivity index (χ2v) is 6.92. The molecule has 1 atom stereocenters. The topological polar surface area (TPSA) is 64.4 Å². The molecule has 0 saturated carbocycles. The van der Waals surface area contributed by atoms with Crippen molar-refractivity contribution in [1.82, 2.24) is 5.16 Å². The van der Waals surface area contributed by atoms with Gasteiger partial charge in [0.05, 0.1) is 5.02 Å². The Bertz CT molecular complexity index is 704. The SMILES string of the molecule is Cc1ccc(Cl)c(O[C@H](C)C(=O)Nc2cc(C(C)(C)C)on2)c1. The zero-order chi connectivity index (χ0) is 17.2. The van der Waals surface area contributed by atoms with Gasteiger partial charge in [-0.25, -0.2) is 0 Å². The Morgan fingerprint density at radius 2 is 2.04 bits per heavy atom. The summed E-state index contributed by atoms with van der Waals surface area (Å²) in [4.78, 5) is 12.2. The lowest BCUT2D eigenvalue weighted by atomic mass is 9.93. The number of rotatable bonds is 4. The summed E-state index contributed by atoms with van der Waals surface area (Å²) in [5, 5.41) is 7.00. The van der Waals surface area contributed by atoms with Crippen LogP contribution in [0.2, 0.25) is 5.02 Å². The molecule has 5 nitrogen and oxygen atoms in total. The normalized spacial score (nSPS) is 12.8. The predicted octanol–water partition coefficient (Wildman–Crippen LogP) is 4.34. The zero-order valence-corrected chi connectivity index (χ0v) is 14.7. The van der Waals surface area contributed by atoms with Crippen LogP contribution in [0.3, 0.4) is 0 Å². The standard InChI is InChI=1S/C17H21ClN2O3/c1-10-6-7-12(18)13(8-10)22-11(2)16(21)19-15-9-14(23-20-15)17(3,4)5/h6-9,11H,1-5H3,(H,19,20,21)/t11-/m1/s1. The predicted molar refractivity (Wildman–Crippen MR) is 90.1 cm³/mol. The van der Waals surface area contributed by atoms with Crippen molar-refractivity contribution >= 4 is 23.3 Å². The summed E-state index contributed by atoms with van der Waals surface area (Å²) < 4.78 is 10.9. The molecule has 0 unspecified atom stereocenters. The van der Waals surface area contributed by atoms with Crippen LogP contribution in [0.1, 0.15) is 39.0 Å². The van der Waals surface area contributed by atoms with Crippen molar-refractivity contribution < 1.29 is 14.1 Å². The molecule has 1 heterocycles. The number of aryl methyl sites for hydroxylation is 1. The molecule has 0 saturated heterocycles. The van der Waals surface area contributed by atoms with Crippen LogP contribution in [0.5, 0.6) is 5.75 Å². The molecule has 2 rings (SSSR count). The van der Waals surface area contributed by atoms with E-state index in [4.69, 9.17) is 20.9 Å². The van der Waals surface area contributed by atoms with Crippen LogP contribution in [-0.4, -0.2) is 17.2 Å². The van der Waals surface area contributed by atoms with Gasteiger partial charge in [-0.1, -0.05) is 43.6 Å². The lowest BCUT2D eigenvalue weighted by Gasteiger charge is -2.15. The van der Waals surface area contributed by atoms with E-state index >= 15 is 0 Å². The quantitative estimate of drug-likeness (QED) is 0.902. The van der Waals surface area contributed by atoms with Gasteiger partial charge in [0.25, 0.3) is 5.91 Å². The van der Waals surface area contributed by atoms with Crippen molar-refractivity contribution in [3.63, 3.8) is 0 Å². The number of nitrogens with one attached hydrogen (secondary N) is 1. The smallest absolute Gasteiger partial charge is 0.266 e. The number of ether oxygens (including phenoxy) is 1. The molecule has 0 radical (unpaired) electrons. The van der Waals surface area contributed by atoms with E-state index in [2.05, 4.69) is 10.5 Å². The molecule has 1 aromatic carbocycles. The van der Waals surface area contributed by atoms with Gasteiger partial charge in [0.2, 0.25) is 0 Å². The first-order valence-electron chi connectivity index (χ1n) is 7.37. The maximum absolute atomic E-state index is 12.2. The molecule has 2 aromatic rings. The molecule has 1 aromatic heterocycles. The number of halogens is 1. The highest BCUT2D eigenvalue weighted by atomic mass is 35.5. The van der Waals surface area contributed by atoms with Gasteiger partial charge in [-0.15, -0.1) is 0 Å². The highest BCUT2D eigenvalue weighted by Gasteiger charge is 2.22. The summed E-state index contributed by atoms with van der Waals surface area (Å²) in [6, 6.07) is 7.12. The van der Waals surface area contributed by atoms with Crippen molar-refractivity contribution in [2.24, 2.45) is 0 Å². The van der Waals surface area contributed by atoms with E-state index in [1.165, 1.54) is 0 Å². The van der Waals surface area contributed by atoms with E-state index in [1.807, 2.05) is 33.8 Å². The Kier molecular flexibility index (Phi) is 5.00. The molecule has 0 aliphatic rings. The first-order chi connectivity index (χ1) is 10.7. The summed E-state index contributed by atoms with van der Waals surface area (Å²) in [6.45, 7) is 9.59. The maximum Gasteiger partial charge on any atom is 0.266 e. The number of benzene rings is 1. The number of hydrogen-bond acceptors (Lipinski definition) is 4. The summed E-state index contributed by atoms with van der Waals surface area (Å²) in [6.07, 6.45) is -0.718. The van der Waals surface area contributed by atoms with Crippen molar-refractivity contribution in [2.75, 3.05) is 5.32 Å². The van der Waals surface area contributed by atoms with Crippen molar-refractivity contribution in [2.45, 2.75) is 46.1 Å². The van der Waals surface area contributed by atoms with Gasteiger partial charge in [-0.2, -0.15) is 0 Å². The van der Waals surface area contributed by atoms with Crippen LogP contribution in [-0.2, 0) is 10.2 Å². The molecule has 124 valence electrons. The van der Waals surface area contributed by atoms with E-state index in [9.17, 15) is 4.79 Å². The van der Waals surface area contributed by atoms with Gasteiger partial charge in [0, 0.05) is 11.5 Å². The van der Waals surface area contributed by atoms with Crippen molar-refractivity contribution in [3.8, 4) is 5.75 Å². The van der Waals surface area contributed by atoms with E-state index < -0.39 is 6.10 Å². The molecular weight excluding hydrogens is 316 g/mol. The second kappa shape index (κ2) is 6.62. The zero-order valence-electron chi connectivity index (χ0n) is 13.9. The average Bonchev–Trinajstić information content (AvgIpc) is 2.91.